The summed E-state index contributed by atoms with van der Waals surface area (Å²) in [7, 11) is 0. The predicted octanol–water partition coefficient (Wildman–Crippen LogP) is 4.55. The van der Waals surface area contributed by atoms with Crippen molar-refractivity contribution in [2.45, 2.75) is 75.7 Å². The van der Waals surface area contributed by atoms with E-state index >= 15 is 0 Å². The van der Waals surface area contributed by atoms with Crippen LogP contribution in [0.15, 0.2) is 86.0 Å². The summed E-state index contributed by atoms with van der Waals surface area (Å²) in [5, 5.41) is 22.7. The molecule has 1 heterocycles. The topological polar surface area (TPSA) is 77.4 Å². The van der Waals surface area contributed by atoms with E-state index in [2.05, 4.69) is 13.2 Å². The summed E-state index contributed by atoms with van der Waals surface area (Å²) in [6.45, 7) is 11.6. The summed E-state index contributed by atoms with van der Waals surface area (Å²) >= 11 is 0. The van der Waals surface area contributed by atoms with Gasteiger partial charge < -0.3 is 29.2 Å². The SMILES string of the molecule is C=CC[C@]1(CO)O[C@@H](OC(C)C)[C@](O)(CC=C)[C@@H](OCc2ccccc2)[C@@H]1OCc1ccccc1. The molecule has 2 N–H and O–H groups in total. The van der Waals surface area contributed by atoms with Gasteiger partial charge in [-0.05, 0) is 31.4 Å². The fourth-order valence-electron chi connectivity index (χ4n) is 4.48. The lowest BCUT2D eigenvalue weighted by molar-refractivity contribution is -0.388. The van der Waals surface area contributed by atoms with Crippen molar-refractivity contribution >= 4 is 0 Å². The molecular weight excluding hydrogens is 444 g/mol. The molecule has 0 amide bonds. The number of rotatable bonds is 13. The number of aliphatic hydroxyl groups is 2. The number of aliphatic hydroxyl groups excluding tert-OH is 1. The van der Waals surface area contributed by atoms with Crippen LogP contribution in [0.4, 0.5) is 0 Å². The summed E-state index contributed by atoms with van der Waals surface area (Å²) in [4.78, 5) is 0. The zero-order valence-electron chi connectivity index (χ0n) is 20.7. The first-order valence-electron chi connectivity index (χ1n) is 12.1. The van der Waals surface area contributed by atoms with Crippen LogP contribution in [-0.2, 0) is 32.2 Å². The third-order valence-electron chi connectivity index (χ3n) is 6.21. The number of benzene rings is 2. The summed E-state index contributed by atoms with van der Waals surface area (Å²) in [6, 6.07) is 19.4. The smallest absolute Gasteiger partial charge is 0.190 e. The van der Waals surface area contributed by atoms with Crippen molar-refractivity contribution in [3.63, 3.8) is 0 Å². The lowest BCUT2D eigenvalue weighted by Crippen LogP contribution is -2.73. The quantitative estimate of drug-likeness (QED) is 0.408. The van der Waals surface area contributed by atoms with Crippen LogP contribution >= 0.6 is 0 Å². The van der Waals surface area contributed by atoms with Crippen LogP contribution in [0, 0.1) is 0 Å². The van der Waals surface area contributed by atoms with Gasteiger partial charge in [0.1, 0.15) is 23.4 Å². The molecule has 2 aromatic rings. The van der Waals surface area contributed by atoms with Crippen molar-refractivity contribution in [3.8, 4) is 0 Å². The third-order valence-corrected chi connectivity index (χ3v) is 6.21. The number of hydrogen-bond donors (Lipinski definition) is 2. The number of hydrogen-bond acceptors (Lipinski definition) is 6. The van der Waals surface area contributed by atoms with Crippen molar-refractivity contribution in [1.29, 1.82) is 0 Å². The fraction of sp³-hybridized carbons (Fsp3) is 0.448. The molecule has 0 bridgehead atoms. The van der Waals surface area contributed by atoms with Crippen LogP contribution in [0.2, 0.25) is 0 Å². The van der Waals surface area contributed by atoms with E-state index in [1.54, 1.807) is 12.2 Å². The van der Waals surface area contributed by atoms with Crippen LogP contribution < -0.4 is 0 Å². The standard InChI is InChI=1S/C29H38O6/c1-5-17-28(21-30)25(32-19-23-13-9-7-10-14-23)26(33-20-24-15-11-8-12-16-24)29(31,18-6-2)27(35-28)34-22(3)4/h5-16,22,25-27,30-31H,1-2,17-21H2,3-4H3/t25-,26-,27+,28+,29-/m0/s1. The van der Waals surface area contributed by atoms with Gasteiger partial charge in [-0.3, -0.25) is 0 Å². The molecule has 1 aliphatic heterocycles. The monoisotopic (exact) mass is 482 g/mol. The molecule has 0 aromatic heterocycles. The molecule has 35 heavy (non-hydrogen) atoms. The van der Waals surface area contributed by atoms with Gasteiger partial charge in [-0.15, -0.1) is 13.2 Å². The molecule has 190 valence electrons. The van der Waals surface area contributed by atoms with E-state index in [1.165, 1.54) is 0 Å². The molecule has 5 atom stereocenters. The maximum Gasteiger partial charge on any atom is 0.190 e. The Morgan fingerprint density at radius 2 is 1.40 bits per heavy atom. The fourth-order valence-corrected chi connectivity index (χ4v) is 4.48. The molecule has 1 saturated heterocycles. The Morgan fingerprint density at radius 3 is 1.86 bits per heavy atom. The highest BCUT2D eigenvalue weighted by Gasteiger charge is 2.62. The molecule has 2 aromatic carbocycles. The van der Waals surface area contributed by atoms with Gasteiger partial charge in [0.2, 0.25) is 0 Å². The average Bonchev–Trinajstić information content (AvgIpc) is 2.85. The molecule has 6 heteroatoms. The molecule has 0 spiro atoms. The maximum atomic E-state index is 12.0. The van der Waals surface area contributed by atoms with Gasteiger partial charge in [0, 0.05) is 6.42 Å². The second-order valence-corrected chi connectivity index (χ2v) is 9.27. The largest absolute Gasteiger partial charge is 0.393 e. The van der Waals surface area contributed by atoms with Crippen molar-refractivity contribution < 1.29 is 29.2 Å². The predicted molar refractivity (Wildman–Crippen MR) is 136 cm³/mol. The minimum atomic E-state index is -1.61. The van der Waals surface area contributed by atoms with E-state index in [4.69, 9.17) is 18.9 Å². The zero-order valence-corrected chi connectivity index (χ0v) is 20.7. The van der Waals surface area contributed by atoms with E-state index in [0.29, 0.717) is 0 Å². The van der Waals surface area contributed by atoms with Gasteiger partial charge in [0.05, 0.1) is 25.9 Å². The summed E-state index contributed by atoms with van der Waals surface area (Å²) < 4.78 is 25.3. The van der Waals surface area contributed by atoms with Crippen molar-refractivity contribution in [1.82, 2.24) is 0 Å². The first-order chi connectivity index (χ1) is 16.9. The molecular formula is C29H38O6. The summed E-state index contributed by atoms with van der Waals surface area (Å²) in [6.07, 6.45) is 0.666. The molecule has 1 aliphatic rings. The van der Waals surface area contributed by atoms with Gasteiger partial charge in [0.15, 0.2) is 6.29 Å². The first kappa shape index (κ1) is 27.3. The maximum absolute atomic E-state index is 12.0. The van der Waals surface area contributed by atoms with E-state index in [-0.39, 0.29) is 38.8 Å². The van der Waals surface area contributed by atoms with E-state index in [0.717, 1.165) is 11.1 Å². The van der Waals surface area contributed by atoms with Gasteiger partial charge in [-0.25, -0.2) is 0 Å². The van der Waals surface area contributed by atoms with Crippen LogP contribution in [0.3, 0.4) is 0 Å². The molecule has 1 fully saturated rings. The van der Waals surface area contributed by atoms with Crippen molar-refractivity contribution in [3.05, 3.63) is 97.1 Å². The lowest BCUT2D eigenvalue weighted by atomic mass is 9.76. The zero-order chi connectivity index (χ0) is 25.3. The van der Waals surface area contributed by atoms with E-state index in [9.17, 15) is 10.2 Å². The third kappa shape index (κ3) is 6.47. The van der Waals surface area contributed by atoms with Crippen molar-refractivity contribution in [2.75, 3.05) is 6.61 Å². The van der Waals surface area contributed by atoms with E-state index < -0.39 is 29.7 Å². The highest BCUT2D eigenvalue weighted by molar-refractivity contribution is 5.17. The highest BCUT2D eigenvalue weighted by Crippen LogP contribution is 2.44. The Kier molecular flexibility index (Phi) is 9.80. The van der Waals surface area contributed by atoms with Crippen molar-refractivity contribution in [2.24, 2.45) is 0 Å². The van der Waals surface area contributed by atoms with Gasteiger partial charge in [-0.2, -0.15) is 0 Å². The van der Waals surface area contributed by atoms with Gasteiger partial charge in [-0.1, -0.05) is 72.8 Å². The Labute approximate surface area is 208 Å². The molecule has 6 nitrogen and oxygen atoms in total. The minimum Gasteiger partial charge on any atom is -0.393 e. The molecule has 0 saturated carbocycles. The van der Waals surface area contributed by atoms with Crippen LogP contribution in [0.1, 0.15) is 37.8 Å². The van der Waals surface area contributed by atoms with Crippen LogP contribution in [0.25, 0.3) is 0 Å². The minimum absolute atomic E-state index is 0.143. The van der Waals surface area contributed by atoms with Crippen LogP contribution in [-0.4, -0.2) is 52.6 Å². The average molecular weight is 483 g/mol. The van der Waals surface area contributed by atoms with Gasteiger partial charge in [0.25, 0.3) is 0 Å². The second-order valence-electron chi connectivity index (χ2n) is 9.27. The number of ether oxygens (including phenoxy) is 4. The van der Waals surface area contributed by atoms with E-state index in [1.807, 2.05) is 74.5 Å². The molecule has 0 aliphatic carbocycles. The molecule has 3 rings (SSSR count). The summed E-state index contributed by atoms with van der Waals surface area (Å²) in [5.41, 5.74) is -0.943. The summed E-state index contributed by atoms with van der Waals surface area (Å²) in [5.74, 6) is 0. The normalized spacial score (nSPS) is 28.7. The van der Waals surface area contributed by atoms with Crippen LogP contribution in [0.5, 0.6) is 0 Å². The Hall–Kier alpha value is -2.32. The lowest BCUT2D eigenvalue weighted by Gasteiger charge is -2.56. The Bertz CT molecular complexity index is 917. The van der Waals surface area contributed by atoms with Gasteiger partial charge >= 0.3 is 0 Å². The first-order valence-corrected chi connectivity index (χ1v) is 12.1. The molecule has 0 unspecified atom stereocenters. The molecule has 0 radical (unpaired) electrons. The highest BCUT2D eigenvalue weighted by atomic mass is 16.7. The Morgan fingerprint density at radius 1 is 0.886 bits per heavy atom. The second kappa shape index (κ2) is 12.6. The Balaban J connectivity index is 2.04.